The standard InChI is InChI=1S/C9H8S6/c10-6-7(11)15-9(14-6)8-12-4-2-1-3-5(4)13-8/h10-11H,1-3H2/p-2. The van der Waals surface area contributed by atoms with Crippen LogP contribution in [-0.2, 0) is 25.3 Å². The van der Waals surface area contributed by atoms with Gasteiger partial charge < -0.3 is 25.3 Å². The maximum Gasteiger partial charge on any atom is 0.0698 e. The summed E-state index contributed by atoms with van der Waals surface area (Å²) in [6, 6.07) is 0. The first-order valence-corrected chi connectivity index (χ1v) is 8.58. The zero-order valence-electron chi connectivity index (χ0n) is 7.57. The Kier molecular flexibility index (Phi) is 3.26. The average molecular weight is 307 g/mol. The molecule has 0 aromatic rings. The Morgan fingerprint density at radius 1 is 0.733 bits per heavy atom. The van der Waals surface area contributed by atoms with Crippen LogP contribution in [0.15, 0.2) is 26.8 Å². The molecule has 80 valence electrons. The molecule has 2 aliphatic heterocycles. The van der Waals surface area contributed by atoms with Gasteiger partial charge in [0.25, 0.3) is 0 Å². The first-order valence-electron chi connectivity index (χ1n) is 4.50. The molecule has 0 aromatic carbocycles. The lowest BCUT2D eigenvalue weighted by Gasteiger charge is -2.11. The molecule has 0 bridgehead atoms. The van der Waals surface area contributed by atoms with Gasteiger partial charge in [0.15, 0.2) is 0 Å². The summed E-state index contributed by atoms with van der Waals surface area (Å²) >= 11 is 17.6. The van der Waals surface area contributed by atoms with E-state index in [0.29, 0.717) is 0 Å². The van der Waals surface area contributed by atoms with Crippen LogP contribution in [-0.4, -0.2) is 0 Å². The number of thioether (sulfide) groups is 4. The van der Waals surface area contributed by atoms with Gasteiger partial charge in [-0.2, -0.15) is 0 Å². The first kappa shape index (κ1) is 11.2. The van der Waals surface area contributed by atoms with E-state index in [1.54, 1.807) is 33.3 Å². The fourth-order valence-corrected chi connectivity index (χ4v) is 7.80. The van der Waals surface area contributed by atoms with Gasteiger partial charge in [-0.1, -0.05) is 23.5 Å². The van der Waals surface area contributed by atoms with Crippen LogP contribution >= 0.6 is 47.0 Å². The van der Waals surface area contributed by atoms with Gasteiger partial charge in [0.1, 0.15) is 0 Å². The molecular formula is C9H6S6-2. The van der Waals surface area contributed by atoms with Crippen LogP contribution in [0.5, 0.6) is 0 Å². The summed E-state index contributed by atoms with van der Waals surface area (Å²) in [6.45, 7) is 0. The molecule has 0 N–H and O–H groups in total. The average Bonchev–Trinajstić information content (AvgIpc) is 2.80. The first-order chi connectivity index (χ1) is 7.24. The molecule has 0 atom stereocenters. The van der Waals surface area contributed by atoms with Crippen LogP contribution < -0.4 is 0 Å². The van der Waals surface area contributed by atoms with Gasteiger partial charge >= 0.3 is 0 Å². The summed E-state index contributed by atoms with van der Waals surface area (Å²) in [6.07, 6.45) is 3.88. The Hall–Kier alpha value is 1.06. The van der Waals surface area contributed by atoms with Crippen molar-refractivity contribution in [2.75, 3.05) is 0 Å². The summed E-state index contributed by atoms with van der Waals surface area (Å²) in [5.41, 5.74) is 0. The Labute approximate surface area is 117 Å². The monoisotopic (exact) mass is 306 g/mol. The normalized spacial score (nSPS) is 25.9. The lowest BCUT2D eigenvalue weighted by atomic mass is 10.4. The van der Waals surface area contributed by atoms with Gasteiger partial charge in [-0.3, -0.25) is 0 Å². The number of hydrogen-bond acceptors (Lipinski definition) is 6. The third-order valence-electron chi connectivity index (χ3n) is 2.25. The van der Waals surface area contributed by atoms with Crippen molar-refractivity contribution >= 4 is 72.3 Å². The molecule has 3 rings (SSSR count). The Morgan fingerprint density at radius 3 is 1.73 bits per heavy atom. The van der Waals surface area contributed by atoms with Crippen molar-refractivity contribution in [2.45, 2.75) is 19.3 Å². The largest absolute Gasteiger partial charge is 0.774 e. The Balaban J connectivity index is 1.80. The van der Waals surface area contributed by atoms with Gasteiger partial charge in [-0.15, -0.1) is 32.0 Å². The minimum Gasteiger partial charge on any atom is -0.774 e. The molecule has 0 saturated carbocycles. The van der Waals surface area contributed by atoms with Gasteiger partial charge in [-0.25, -0.2) is 0 Å². The lowest BCUT2D eigenvalue weighted by Crippen LogP contribution is -1.72. The SMILES string of the molecule is [S-]C1=C([S-])SC(=C2SC3=C(CCC3)S2)S1. The van der Waals surface area contributed by atoms with Crippen LogP contribution in [0.25, 0.3) is 0 Å². The van der Waals surface area contributed by atoms with E-state index >= 15 is 0 Å². The van der Waals surface area contributed by atoms with E-state index in [0.717, 1.165) is 8.47 Å². The molecule has 0 radical (unpaired) electrons. The van der Waals surface area contributed by atoms with E-state index in [1.165, 1.54) is 27.7 Å². The van der Waals surface area contributed by atoms with Crippen LogP contribution in [0.1, 0.15) is 19.3 Å². The van der Waals surface area contributed by atoms with Crippen molar-refractivity contribution in [3.05, 3.63) is 26.8 Å². The van der Waals surface area contributed by atoms with E-state index in [9.17, 15) is 0 Å². The minimum absolute atomic E-state index is 0.880. The van der Waals surface area contributed by atoms with Gasteiger partial charge in [0.05, 0.1) is 8.47 Å². The second kappa shape index (κ2) is 4.38. The molecule has 0 spiro atoms. The predicted octanol–water partition coefficient (Wildman–Crippen LogP) is 4.69. The van der Waals surface area contributed by atoms with E-state index in [1.807, 2.05) is 23.5 Å². The van der Waals surface area contributed by atoms with Crippen LogP contribution in [0.4, 0.5) is 0 Å². The van der Waals surface area contributed by atoms with Crippen LogP contribution in [0.3, 0.4) is 0 Å². The van der Waals surface area contributed by atoms with Crippen molar-refractivity contribution < 1.29 is 0 Å². The van der Waals surface area contributed by atoms with Crippen molar-refractivity contribution in [2.24, 2.45) is 0 Å². The molecule has 6 heteroatoms. The summed E-state index contributed by atoms with van der Waals surface area (Å²) in [5.74, 6) is 0. The number of rotatable bonds is 0. The molecule has 1 aliphatic carbocycles. The number of hydrogen-bond donors (Lipinski definition) is 0. The fourth-order valence-electron chi connectivity index (χ4n) is 1.59. The molecule has 15 heavy (non-hydrogen) atoms. The van der Waals surface area contributed by atoms with E-state index in [2.05, 4.69) is 0 Å². The van der Waals surface area contributed by atoms with Crippen molar-refractivity contribution in [3.8, 4) is 0 Å². The highest BCUT2D eigenvalue weighted by Gasteiger charge is 2.28. The van der Waals surface area contributed by atoms with E-state index < -0.39 is 0 Å². The van der Waals surface area contributed by atoms with Crippen LogP contribution in [0.2, 0.25) is 0 Å². The summed E-state index contributed by atoms with van der Waals surface area (Å²) in [4.78, 5) is 3.18. The third kappa shape index (κ3) is 2.09. The third-order valence-corrected chi connectivity index (χ3v) is 9.06. The van der Waals surface area contributed by atoms with E-state index in [4.69, 9.17) is 25.3 Å². The second-order valence-corrected chi connectivity index (χ2v) is 9.36. The molecule has 2 heterocycles. The highest BCUT2D eigenvalue weighted by molar-refractivity contribution is 8.37. The fraction of sp³-hybridized carbons (Fsp3) is 0.333. The summed E-state index contributed by atoms with van der Waals surface area (Å²) in [7, 11) is 0. The molecular weight excluding hydrogens is 301 g/mol. The molecule has 0 unspecified atom stereocenters. The minimum atomic E-state index is 0.880. The molecule has 3 aliphatic rings. The number of allylic oxidation sites excluding steroid dienone is 2. The molecule has 0 fully saturated rings. The maximum atomic E-state index is 5.19. The Morgan fingerprint density at radius 2 is 1.20 bits per heavy atom. The van der Waals surface area contributed by atoms with Gasteiger partial charge in [0.2, 0.25) is 0 Å². The molecule has 0 saturated heterocycles. The highest BCUT2D eigenvalue weighted by Crippen LogP contribution is 2.62. The molecule has 0 amide bonds. The van der Waals surface area contributed by atoms with E-state index in [-0.39, 0.29) is 0 Å². The van der Waals surface area contributed by atoms with Gasteiger partial charge in [0, 0.05) is 9.81 Å². The highest BCUT2D eigenvalue weighted by atomic mass is 32.2. The van der Waals surface area contributed by atoms with Crippen molar-refractivity contribution in [1.29, 1.82) is 0 Å². The molecule has 0 nitrogen and oxygen atoms in total. The maximum absolute atomic E-state index is 5.19. The predicted molar refractivity (Wildman–Crippen MR) is 80.0 cm³/mol. The zero-order valence-corrected chi connectivity index (χ0v) is 12.5. The second-order valence-electron chi connectivity index (χ2n) is 3.26. The molecule has 0 aromatic heterocycles. The lowest BCUT2D eigenvalue weighted by molar-refractivity contribution is 0.921. The zero-order chi connectivity index (χ0) is 10.4. The van der Waals surface area contributed by atoms with Crippen molar-refractivity contribution in [3.63, 3.8) is 0 Å². The Bertz CT molecular complexity index is 382. The summed E-state index contributed by atoms with van der Waals surface area (Å²) in [5, 5.41) is 0. The van der Waals surface area contributed by atoms with Crippen LogP contribution in [0, 0.1) is 0 Å². The van der Waals surface area contributed by atoms with Crippen molar-refractivity contribution in [1.82, 2.24) is 0 Å². The topological polar surface area (TPSA) is 0 Å². The van der Waals surface area contributed by atoms with Gasteiger partial charge in [-0.05, 0) is 19.3 Å². The summed E-state index contributed by atoms with van der Waals surface area (Å²) < 4.78 is 4.49. The quantitative estimate of drug-likeness (QED) is 0.591. The smallest absolute Gasteiger partial charge is 0.0698 e.